The van der Waals surface area contributed by atoms with Gasteiger partial charge in [-0.3, -0.25) is 9.52 Å². The van der Waals surface area contributed by atoms with Crippen molar-refractivity contribution in [3.05, 3.63) is 76.7 Å². The minimum atomic E-state index is -4.82. The highest BCUT2D eigenvalue weighted by molar-refractivity contribution is 7.92. The molecular formula is C20H14F3N3O3S. The summed E-state index contributed by atoms with van der Waals surface area (Å²) in [6.45, 7) is 0. The molecule has 0 amide bonds. The average molecular weight is 433 g/mol. The van der Waals surface area contributed by atoms with Gasteiger partial charge in [-0.15, -0.1) is 0 Å². The van der Waals surface area contributed by atoms with Crippen molar-refractivity contribution in [1.82, 2.24) is 9.55 Å². The lowest BCUT2D eigenvalue weighted by Gasteiger charge is -2.15. The van der Waals surface area contributed by atoms with Crippen LogP contribution < -0.4 is 10.3 Å². The highest BCUT2D eigenvalue weighted by Gasteiger charge is 2.34. The van der Waals surface area contributed by atoms with Crippen LogP contribution in [0.25, 0.3) is 21.7 Å². The number of halogens is 3. The van der Waals surface area contributed by atoms with Crippen LogP contribution >= 0.6 is 0 Å². The molecular weight excluding hydrogens is 419 g/mol. The average Bonchev–Trinajstić information content (AvgIpc) is 2.69. The Bertz CT molecular complexity index is 1460. The number of fused-ring (bicyclic) bond motifs is 2. The molecule has 0 radical (unpaired) electrons. The van der Waals surface area contributed by atoms with Crippen molar-refractivity contribution in [2.75, 3.05) is 4.72 Å². The van der Waals surface area contributed by atoms with E-state index in [0.29, 0.717) is 11.5 Å². The van der Waals surface area contributed by atoms with Gasteiger partial charge in [0.15, 0.2) is 0 Å². The Morgan fingerprint density at radius 1 is 1.00 bits per heavy atom. The van der Waals surface area contributed by atoms with Crippen LogP contribution in [0.15, 0.2) is 70.5 Å². The third-order valence-electron chi connectivity index (χ3n) is 4.74. The van der Waals surface area contributed by atoms with E-state index >= 15 is 0 Å². The quantitative estimate of drug-likeness (QED) is 0.531. The first-order valence-corrected chi connectivity index (χ1v) is 10.1. The standard InChI is InChI=1S/C20H14F3N3O3S/c1-26-17-7-6-13(10-15(17)16(11-18(26)27)20(21,22)23)30(28,29)25-19-14-5-3-2-4-12(14)8-9-24-19/h2-11H,1H3,(H,24,25). The summed E-state index contributed by atoms with van der Waals surface area (Å²) in [6, 6.07) is 12.4. The number of anilines is 1. The van der Waals surface area contributed by atoms with E-state index in [-0.39, 0.29) is 16.2 Å². The van der Waals surface area contributed by atoms with E-state index in [2.05, 4.69) is 9.71 Å². The summed E-state index contributed by atoms with van der Waals surface area (Å²) in [5, 5.41) is 0.902. The normalized spacial score (nSPS) is 12.4. The van der Waals surface area contributed by atoms with E-state index in [1.165, 1.54) is 19.3 Å². The molecule has 4 aromatic rings. The molecule has 0 unspecified atom stereocenters. The van der Waals surface area contributed by atoms with E-state index < -0.39 is 32.7 Å². The summed E-state index contributed by atoms with van der Waals surface area (Å²) in [5.41, 5.74) is -2.07. The first-order valence-electron chi connectivity index (χ1n) is 8.65. The summed E-state index contributed by atoms with van der Waals surface area (Å²) in [6.07, 6.45) is -3.39. The molecule has 2 aromatic heterocycles. The second-order valence-corrected chi connectivity index (χ2v) is 8.30. The number of pyridine rings is 2. The number of hydrogen-bond acceptors (Lipinski definition) is 4. The van der Waals surface area contributed by atoms with Crippen LogP contribution in [-0.4, -0.2) is 18.0 Å². The summed E-state index contributed by atoms with van der Waals surface area (Å²) in [5.74, 6) is 0.0599. The zero-order valence-corrected chi connectivity index (χ0v) is 16.3. The van der Waals surface area contributed by atoms with Crippen LogP contribution in [0.4, 0.5) is 19.0 Å². The van der Waals surface area contributed by atoms with Crippen LogP contribution in [-0.2, 0) is 23.2 Å². The predicted octanol–water partition coefficient (Wildman–Crippen LogP) is 3.91. The smallest absolute Gasteiger partial charge is 0.311 e. The lowest BCUT2D eigenvalue weighted by Crippen LogP contribution is -2.21. The predicted molar refractivity (Wildman–Crippen MR) is 107 cm³/mol. The zero-order valence-electron chi connectivity index (χ0n) is 15.4. The van der Waals surface area contributed by atoms with Gasteiger partial charge >= 0.3 is 6.18 Å². The van der Waals surface area contributed by atoms with Gasteiger partial charge in [0.1, 0.15) is 5.82 Å². The van der Waals surface area contributed by atoms with Gasteiger partial charge in [-0.2, -0.15) is 13.2 Å². The number of benzene rings is 2. The third-order valence-corrected chi connectivity index (χ3v) is 6.07. The Morgan fingerprint density at radius 3 is 2.47 bits per heavy atom. The first kappa shape index (κ1) is 19.9. The minimum absolute atomic E-state index is 0.0305. The maximum atomic E-state index is 13.5. The third kappa shape index (κ3) is 3.39. The van der Waals surface area contributed by atoms with Gasteiger partial charge in [0.2, 0.25) is 0 Å². The number of alkyl halides is 3. The van der Waals surface area contributed by atoms with Gasteiger partial charge in [0, 0.05) is 30.1 Å². The van der Waals surface area contributed by atoms with Crippen LogP contribution in [0.2, 0.25) is 0 Å². The lowest BCUT2D eigenvalue weighted by atomic mass is 10.1. The molecule has 0 spiro atoms. The van der Waals surface area contributed by atoms with Gasteiger partial charge in [-0.25, -0.2) is 13.4 Å². The molecule has 0 aliphatic carbocycles. The minimum Gasteiger partial charge on any atom is -0.311 e. The second kappa shape index (κ2) is 6.84. The topological polar surface area (TPSA) is 81.1 Å². The SMILES string of the molecule is Cn1c(=O)cc(C(F)(F)F)c2cc(S(=O)(=O)Nc3nccc4ccccc34)ccc21. The highest BCUT2D eigenvalue weighted by Crippen LogP contribution is 2.35. The van der Waals surface area contributed by atoms with Gasteiger partial charge in [-0.05, 0) is 29.7 Å². The number of aryl methyl sites for hydroxylation is 1. The molecule has 0 saturated carbocycles. The van der Waals surface area contributed by atoms with Gasteiger partial charge in [0.25, 0.3) is 15.6 Å². The van der Waals surface area contributed by atoms with Crippen molar-refractivity contribution in [1.29, 1.82) is 0 Å². The van der Waals surface area contributed by atoms with Crippen molar-refractivity contribution < 1.29 is 21.6 Å². The van der Waals surface area contributed by atoms with Crippen LogP contribution in [0.5, 0.6) is 0 Å². The number of rotatable bonds is 3. The highest BCUT2D eigenvalue weighted by atomic mass is 32.2. The number of nitrogens with zero attached hydrogens (tertiary/aromatic N) is 2. The van der Waals surface area contributed by atoms with Crippen LogP contribution in [0.1, 0.15) is 5.56 Å². The molecule has 0 aliphatic heterocycles. The van der Waals surface area contributed by atoms with Crippen LogP contribution in [0.3, 0.4) is 0 Å². The Kier molecular flexibility index (Phi) is 4.53. The Balaban J connectivity index is 1.88. The summed E-state index contributed by atoms with van der Waals surface area (Å²) < 4.78 is 69.5. The van der Waals surface area contributed by atoms with Crippen molar-refractivity contribution >= 4 is 37.5 Å². The zero-order chi connectivity index (χ0) is 21.7. The number of hydrogen-bond donors (Lipinski definition) is 1. The number of aromatic nitrogens is 2. The molecule has 0 aliphatic rings. The molecule has 0 atom stereocenters. The Morgan fingerprint density at radius 2 is 1.73 bits per heavy atom. The molecule has 0 bridgehead atoms. The second-order valence-electron chi connectivity index (χ2n) is 6.62. The molecule has 154 valence electrons. The van der Waals surface area contributed by atoms with Crippen molar-refractivity contribution in [3.8, 4) is 0 Å². The molecule has 1 N–H and O–H groups in total. The Labute approximate surface area is 168 Å². The molecule has 6 nitrogen and oxygen atoms in total. The summed E-state index contributed by atoms with van der Waals surface area (Å²) >= 11 is 0. The molecule has 4 rings (SSSR count). The molecule has 0 fully saturated rings. The molecule has 2 aromatic carbocycles. The molecule has 2 heterocycles. The van der Waals surface area contributed by atoms with Gasteiger partial charge in [0.05, 0.1) is 16.0 Å². The van der Waals surface area contributed by atoms with Crippen molar-refractivity contribution in [3.63, 3.8) is 0 Å². The molecule has 10 heteroatoms. The number of nitrogens with one attached hydrogen (secondary N) is 1. The van der Waals surface area contributed by atoms with E-state index in [9.17, 15) is 26.4 Å². The van der Waals surface area contributed by atoms with Crippen molar-refractivity contribution in [2.45, 2.75) is 11.1 Å². The fourth-order valence-electron chi connectivity index (χ4n) is 3.23. The Hall–Kier alpha value is -3.40. The van der Waals surface area contributed by atoms with E-state index in [4.69, 9.17) is 0 Å². The lowest BCUT2D eigenvalue weighted by molar-refractivity contribution is -0.136. The molecule has 30 heavy (non-hydrogen) atoms. The van der Waals surface area contributed by atoms with Crippen LogP contribution in [0, 0.1) is 0 Å². The van der Waals surface area contributed by atoms with Gasteiger partial charge in [-0.1, -0.05) is 24.3 Å². The van der Waals surface area contributed by atoms with Crippen molar-refractivity contribution in [2.24, 2.45) is 7.05 Å². The van der Waals surface area contributed by atoms with E-state index in [1.54, 1.807) is 30.3 Å². The fourth-order valence-corrected chi connectivity index (χ4v) is 4.28. The fraction of sp³-hybridized carbons (Fsp3) is 0.100. The van der Waals surface area contributed by atoms with E-state index in [1.807, 2.05) is 0 Å². The van der Waals surface area contributed by atoms with E-state index in [0.717, 1.165) is 22.1 Å². The monoisotopic (exact) mass is 433 g/mol. The van der Waals surface area contributed by atoms with Gasteiger partial charge < -0.3 is 4.57 Å². The first-order chi connectivity index (χ1) is 14.1. The maximum Gasteiger partial charge on any atom is 0.417 e. The largest absolute Gasteiger partial charge is 0.417 e. The number of sulfonamides is 1. The summed E-state index contributed by atoms with van der Waals surface area (Å²) in [4.78, 5) is 15.5. The maximum absolute atomic E-state index is 13.5. The summed E-state index contributed by atoms with van der Waals surface area (Å²) in [7, 11) is -2.93. The molecule has 0 saturated heterocycles.